The maximum absolute atomic E-state index is 13.2. The Balaban J connectivity index is 1.50. The number of amides is 2. The van der Waals surface area contributed by atoms with Crippen LogP contribution in [0, 0.1) is 25.7 Å². The molecule has 4 heterocycles. The second-order valence-corrected chi connectivity index (χ2v) is 8.00. The standard InChI is InChI=1S/C21H20N2O5/c1-10-7-16(24)27-15-6-11(2)13(8-12(10)15)22-19(25)17-14-4-5-21(28-14)9-23(3)20(26)18(17)21/h4-8,14,17-18H,9H2,1-3H3,(H,22,25)/t14-,17-,18+,21-/m0/s1. The minimum atomic E-state index is -0.684. The molecule has 5 rings (SSSR count). The number of hydrogen-bond acceptors (Lipinski definition) is 5. The number of nitrogens with zero attached hydrogens (tertiary/aromatic N) is 1. The van der Waals surface area contributed by atoms with Crippen molar-refractivity contribution >= 4 is 28.5 Å². The Labute approximate surface area is 160 Å². The third-order valence-electron chi connectivity index (χ3n) is 6.15. The minimum absolute atomic E-state index is 0.0557. The van der Waals surface area contributed by atoms with Gasteiger partial charge in [-0.05, 0) is 37.1 Å². The van der Waals surface area contributed by atoms with Gasteiger partial charge in [0, 0.05) is 24.2 Å². The van der Waals surface area contributed by atoms with Crippen LogP contribution in [0.5, 0.6) is 0 Å². The minimum Gasteiger partial charge on any atom is -0.423 e. The fraction of sp³-hybridized carbons (Fsp3) is 0.381. The summed E-state index contributed by atoms with van der Waals surface area (Å²) in [5, 5.41) is 3.73. The zero-order valence-corrected chi connectivity index (χ0v) is 15.8. The largest absolute Gasteiger partial charge is 0.423 e. The van der Waals surface area contributed by atoms with Crippen LogP contribution in [0.25, 0.3) is 11.0 Å². The van der Waals surface area contributed by atoms with Gasteiger partial charge in [0.2, 0.25) is 11.8 Å². The van der Waals surface area contributed by atoms with E-state index >= 15 is 0 Å². The van der Waals surface area contributed by atoms with E-state index in [0.717, 1.165) is 16.5 Å². The molecule has 7 heteroatoms. The highest BCUT2D eigenvalue weighted by molar-refractivity contribution is 6.01. The molecule has 4 atom stereocenters. The Morgan fingerprint density at radius 2 is 2.00 bits per heavy atom. The molecular formula is C21H20N2O5. The van der Waals surface area contributed by atoms with Gasteiger partial charge in [-0.15, -0.1) is 0 Å². The summed E-state index contributed by atoms with van der Waals surface area (Å²) in [5.41, 5.74) is 1.59. The molecule has 2 aromatic rings. The van der Waals surface area contributed by atoms with Crippen LogP contribution in [0.4, 0.5) is 5.69 Å². The molecule has 1 aromatic heterocycles. The van der Waals surface area contributed by atoms with Crippen molar-refractivity contribution in [2.75, 3.05) is 18.9 Å². The van der Waals surface area contributed by atoms with Crippen LogP contribution in [0.1, 0.15) is 11.1 Å². The lowest BCUT2D eigenvalue weighted by Crippen LogP contribution is -2.41. The highest BCUT2D eigenvalue weighted by Gasteiger charge is 2.66. The normalized spacial score (nSPS) is 30.3. The van der Waals surface area contributed by atoms with E-state index in [2.05, 4.69) is 5.32 Å². The number of aryl methyl sites for hydroxylation is 2. The van der Waals surface area contributed by atoms with E-state index in [4.69, 9.17) is 9.15 Å². The number of likely N-dealkylation sites (tertiary alicyclic amines) is 1. The molecule has 7 nitrogen and oxygen atoms in total. The number of rotatable bonds is 2. The Hall–Kier alpha value is -2.93. The molecule has 3 aliphatic rings. The number of anilines is 1. The highest BCUT2D eigenvalue weighted by atomic mass is 16.5. The third kappa shape index (κ3) is 2.22. The SMILES string of the molecule is Cc1cc2oc(=O)cc(C)c2cc1NC(=O)[C@H]1[C@@H]2C=C[C@@]3(CN(C)C(=O)[C@@H]13)O2. The van der Waals surface area contributed by atoms with Crippen molar-refractivity contribution in [1.82, 2.24) is 4.90 Å². The molecule has 2 bridgehead atoms. The van der Waals surface area contributed by atoms with E-state index in [1.165, 1.54) is 6.07 Å². The molecule has 2 saturated heterocycles. The van der Waals surface area contributed by atoms with Gasteiger partial charge in [-0.25, -0.2) is 4.79 Å². The summed E-state index contributed by atoms with van der Waals surface area (Å²) in [6, 6.07) is 4.98. The van der Waals surface area contributed by atoms with Gasteiger partial charge in [0.25, 0.3) is 0 Å². The quantitative estimate of drug-likeness (QED) is 0.634. The second kappa shape index (κ2) is 5.54. The Morgan fingerprint density at radius 1 is 1.21 bits per heavy atom. The molecule has 1 spiro atoms. The summed E-state index contributed by atoms with van der Waals surface area (Å²) >= 11 is 0. The number of nitrogens with one attached hydrogen (secondary N) is 1. The molecule has 144 valence electrons. The van der Waals surface area contributed by atoms with Crippen molar-refractivity contribution in [3.8, 4) is 0 Å². The summed E-state index contributed by atoms with van der Waals surface area (Å²) in [6.07, 6.45) is 3.43. The smallest absolute Gasteiger partial charge is 0.336 e. The molecule has 2 fully saturated rings. The maximum atomic E-state index is 13.2. The fourth-order valence-electron chi connectivity index (χ4n) is 4.81. The van der Waals surface area contributed by atoms with Crippen LogP contribution >= 0.6 is 0 Å². The second-order valence-electron chi connectivity index (χ2n) is 8.00. The van der Waals surface area contributed by atoms with Gasteiger partial charge >= 0.3 is 5.63 Å². The van der Waals surface area contributed by atoms with Crippen molar-refractivity contribution in [2.45, 2.75) is 25.6 Å². The Morgan fingerprint density at radius 3 is 2.79 bits per heavy atom. The fourth-order valence-corrected chi connectivity index (χ4v) is 4.81. The van der Waals surface area contributed by atoms with Gasteiger partial charge < -0.3 is 19.4 Å². The predicted octanol–water partition coefficient (Wildman–Crippen LogP) is 1.76. The molecule has 0 saturated carbocycles. The van der Waals surface area contributed by atoms with E-state index in [9.17, 15) is 14.4 Å². The first kappa shape index (κ1) is 17.2. The lowest BCUT2D eigenvalue weighted by molar-refractivity contribution is -0.134. The Bertz CT molecular complexity index is 1130. The molecule has 3 aliphatic heterocycles. The van der Waals surface area contributed by atoms with Crippen molar-refractivity contribution in [3.05, 3.63) is 51.9 Å². The Kier molecular flexibility index (Phi) is 3.40. The van der Waals surface area contributed by atoms with Gasteiger partial charge in [-0.2, -0.15) is 0 Å². The van der Waals surface area contributed by atoms with Crippen LogP contribution in [0.3, 0.4) is 0 Å². The number of carbonyl (C=O) groups excluding carboxylic acids is 2. The zero-order valence-electron chi connectivity index (χ0n) is 15.8. The lowest BCUT2D eigenvalue weighted by atomic mass is 9.76. The average Bonchev–Trinajstić information content (AvgIpc) is 3.24. The molecule has 0 unspecified atom stereocenters. The monoisotopic (exact) mass is 380 g/mol. The van der Waals surface area contributed by atoms with Crippen molar-refractivity contribution in [2.24, 2.45) is 11.8 Å². The highest BCUT2D eigenvalue weighted by Crippen LogP contribution is 2.51. The van der Waals surface area contributed by atoms with E-state index in [0.29, 0.717) is 17.8 Å². The van der Waals surface area contributed by atoms with Crippen LogP contribution in [-0.4, -0.2) is 42.0 Å². The first-order chi connectivity index (χ1) is 13.3. The van der Waals surface area contributed by atoms with Crippen molar-refractivity contribution in [3.63, 3.8) is 0 Å². The summed E-state index contributed by atoms with van der Waals surface area (Å²) in [7, 11) is 1.74. The number of likely N-dealkylation sites (N-methyl/N-ethyl adjacent to an activating group) is 1. The van der Waals surface area contributed by atoms with Crippen LogP contribution < -0.4 is 10.9 Å². The van der Waals surface area contributed by atoms with Gasteiger partial charge in [-0.1, -0.05) is 12.2 Å². The number of hydrogen-bond donors (Lipinski definition) is 1. The molecule has 1 aromatic carbocycles. The van der Waals surface area contributed by atoms with Gasteiger partial charge in [0.1, 0.15) is 11.2 Å². The van der Waals surface area contributed by atoms with E-state index in [1.54, 1.807) is 18.0 Å². The molecular weight excluding hydrogens is 360 g/mol. The number of fused-ring (bicyclic) bond motifs is 2. The summed E-state index contributed by atoms with van der Waals surface area (Å²) in [5.74, 6) is -1.34. The summed E-state index contributed by atoms with van der Waals surface area (Å²) in [4.78, 5) is 39.0. The van der Waals surface area contributed by atoms with Crippen LogP contribution in [0.15, 0.2) is 39.6 Å². The van der Waals surface area contributed by atoms with E-state index in [-0.39, 0.29) is 17.9 Å². The van der Waals surface area contributed by atoms with Gasteiger partial charge in [0.05, 0.1) is 24.5 Å². The van der Waals surface area contributed by atoms with E-state index < -0.39 is 23.1 Å². The first-order valence-electron chi connectivity index (χ1n) is 9.27. The lowest BCUT2D eigenvalue weighted by Gasteiger charge is -2.24. The molecule has 0 radical (unpaired) electrons. The molecule has 0 aliphatic carbocycles. The van der Waals surface area contributed by atoms with Crippen molar-refractivity contribution < 1.29 is 18.7 Å². The van der Waals surface area contributed by atoms with Gasteiger partial charge in [-0.3, -0.25) is 9.59 Å². The van der Waals surface area contributed by atoms with Crippen LogP contribution in [0.2, 0.25) is 0 Å². The van der Waals surface area contributed by atoms with Gasteiger partial charge in [0.15, 0.2) is 0 Å². The zero-order chi connectivity index (χ0) is 19.8. The van der Waals surface area contributed by atoms with Crippen LogP contribution in [-0.2, 0) is 14.3 Å². The summed E-state index contributed by atoms with van der Waals surface area (Å²) in [6.45, 7) is 4.14. The predicted molar refractivity (Wildman–Crippen MR) is 102 cm³/mol. The number of benzene rings is 1. The third-order valence-corrected chi connectivity index (χ3v) is 6.15. The van der Waals surface area contributed by atoms with Crippen molar-refractivity contribution in [1.29, 1.82) is 0 Å². The number of ether oxygens (including phenoxy) is 1. The summed E-state index contributed by atoms with van der Waals surface area (Å²) < 4.78 is 11.3. The molecule has 28 heavy (non-hydrogen) atoms. The number of carbonyl (C=O) groups is 2. The molecule has 2 amide bonds. The first-order valence-corrected chi connectivity index (χ1v) is 9.27. The molecule has 1 N–H and O–H groups in total. The topological polar surface area (TPSA) is 88.9 Å². The average molecular weight is 380 g/mol. The van der Waals surface area contributed by atoms with E-state index in [1.807, 2.05) is 32.1 Å². The maximum Gasteiger partial charge on any atom is 0.336 e.